The first-order chi connectivity index (χ1) is 14.1. The molecule has 2 heterocycles. The number of hydrogen-bond donors (Lipinski definition) is 2. The molecule has 2 aliphatic heterocycles. The predicted molar refractivity (Wildman–Crippen MR) is 132 cm³/mol. The zero-order valence-electron chi connectivity index (χ0n) is 18.5. The molecule has 0 aliphatic carbocycles. The first kappa shape index (κ1) is 25.3. The number of benzene rings is 1. The van der Waals surface area contributed by atoms with E-state index in [1.807, 2.05) is 19.2 Å². The topological polar surface area (TPSA) is 48.9 Å². The van der Waals surface area contributed by atoms with Crippen molar-refractivity contribution < 1.29 is 9.13 Å². The van der Waals surface area contributed by atoms with Crippen LogP contribution in [0.15, 0.2) is 29.3 Å². The van der Waals surface area contributed by atoms with Crippen LogP contribution in [0.2, 0.25) is 0 Å². The van der Waals surface area contributed by atoms with Crippen LogP contribution in [0, 0.1) is 5.82 Å². The van der Waals surface area contributed by atoms with Crippen LogP contribution in [-0.2, 0) is 10.2 Å². The van der Waals surface area contributed by atoms with Gasteiger partial charge in [-0.05, 0) is 63.3 Å². The van der Waals surface area contributed by atoms with Gasteiger partial charge in [0.1, 0.15) is 5.82 Å². The lowest BCUT2D eigenvalue weighted by Gasteiger charge is -2.38. The summed E-state index contributed by atoms with van der Waals surface area (Å²) in [5.74, 6) is 0.647. The highest BCUT2D eigenvalue weighted by Gasteiger charge is 2.34. The minimum Gasteiger partial charge on any atom is -0.381 e. The summed E-state index contributed by atoms with van der Waals surface area (Å²) in [4.78, 5) is 7.00. The molecule has 170 valence electrons. The first-order valence-corrected chi connectivity index (χ1v) is 11.2. The molecule has 1 atom stereocenters. The van der Waals surface area contributed by atoms with Gasteiger partial charge in [-0.25, -0.2) is 4.39 Å². The van der Waals surface area contributed by atoms with E-state index in [4.69, 9.17) is 4.74 Å². The maximum atomic E-state index is 13.4. The Labute approximate surface area is 198 Å². The van der Waals surface area contributed by atoms with Crippen LogP contribution in [0.5, 0.6) is 0 Å². The largest absolute Gasteiger partial charge is 0.381 e. The van der Waals surface area contributed by atoms with E-state index in [1.165, 1.54) is 31.4 Å². The molecule has 0 radical (unpaired) electrons. The number of ether oxygens (including phenoxy) is 1. The Morgan fingerprint density at radius 1 is 1.20 bits per heavy atom. The van der Waals surface area contributed by atoms with Crippen LogP contribution in [0.1, 0.15) is 51.0 Å². The van der Waals surface area contributed by atoms with E-state index >= 15 is 0 Å². The third kappa shape index (κ3) is 7.05. The molecule has 0 saturated carbocycles. The molecule has 0 spiro atoms. The van der Waals surface area contributed by atoms with Gasteiger partial charge in [0, 0.05) is 51.4 Å². The third-order valence-corrected chi connectivity index (χ3v) is 6.58. The average molecular weight is 532 g/mol. The second-order valence-electron chi connectivity index (χ2n) is 8.49. The van der Waals surface area contributed by atoms with Gasteiger partial charge in [0.15, 0.2) is 5.96 Å². The summed E-state index contributed by atoms with van der Waals surface area (Å²) in [7, 11) is 1.82. The second-order valence-corrected chi connectivity index (χ2v) is 8.49. The van der Waals surface area contributed by atoms with Gasteiger partial charge in [0.2, 0.25) is 0 Å². The summed E-state index contributed by atoms with van der Waals surface area (Å²) in [6, 6.07) is 7.66. The maximum Gasteiger partial charge on any atom is 0.191 e. The van der Waals surface area contributed by atoms with E-state index in [-0.39, 0.29) is 35.2 Å². The fourth-order valence-corrected chi connectivity index (χ4v) is 4.59. The molecule has 5 nitrogen and oxygen atoms in total. The highest BCUT2D eigenvalue weighted by atomic mass is 127. The first-order valence-electron chi connectivity index (χ1n) is 11.2. The van der Waals surface area contributed by atoms with Crippen LogP contribution >= 0.6 is 24.0 Å². The van der Waals surface area contributed by atoms with Gasteiger partial charge in [0.25, 0.3) is 0 Å². The maximum absolute atomic E-state index is 13.4. The van der Waals surface area contributed by atoms with Crippen molar-refractivity contribution in [3.8, 4) is 0 Å². The van der Waals surface area contributed by atoms with Crippen LogP contribution in [0.25, 0.3) is 0 Å². The normalized spacial score (nSPS) is 22.2. The highest BCUT2D eigenvalue weighted by molar-refractivity contribution is 14.0. The van der Waals surface area contributed by atoms with E-state index in [2.05, 4.69) is 27.4 Å². The quantitative estimate of drug-likeness (QED) is 0.242. The molecule has 0 amide bonds. The average Bonchev–Trinajstić information content (AvgIpc) is 2.75. The summed E-state index contributed by atoms with van der Waals surface area (Å²) in [5.41, 5.74) is 1.12. The monoisotopic (exact) mass is 532 g/mol. The molecular formula is C23H38FIN4O. The van der Waals surface area contributed by atoms with E-state index in [9.17, 15) is 4.39 Å². The van der Waals surface area contributed by atoms with Crippen LogP contribution in [-0.4, -0.2) is 63.3 Å². The summed E-state index contributed by atoms with van der Waals surface area (Å²) in [5, 5.41) is 6.98. The Hall–Kier alpha value is -0.930. The molecule has 1 aromatic rings. The predicted octanol–water partition coefficient (Wildman–Crippen LogP) is 3.92. The lowest BCUT2D eigenvalue weighted by atomic mass is 9.74. The molecule has 7 heteroatoms. The Kier molecular flexibility index (Phi) is 10.8. The molecule has 0 bridgehead atoms. The van der Waals surface area contributed by atoms with Crippen molar-refractivity contribution in [2.75, 3.05) is 46.4 Å². The molecular weight excluding hydrogens is 494 g/mol. The van der Waals surface area contributed by atoms with E-state index in [0.29, 0.717) is 6.04 Å². The number of nitrogens with zero attached hydrogens (tertiary/aromatic N) is 2. The van der Waals surface area contributed by atoms with Crippen LogP contribution < -0.4 is 10.6 Å². The minimum absolute atomic E-state index is 0. The lowest BCUT2D eigenvalue weighted by Crippen LogP contribution is -2.48. The fourth-order valence-electron chi connectivity index (χ4n) is 4.59. The Morgan fingerprint density at radius 3 is 2.60 bits per heavy atom. The van der Waals surface area contributed by atoms with Crippen molar-refractivity contribution in [1.82, 2.24) is 15.5 Å². The number of guanidine groups is 1. The molecule has 0 aromatic heterocycles. The number of piperidine rings is 1. The van der Waals surface area contributed by atoms with E-state index in [1.54, 1.807) is 12.1 Å². The van der Waals surface area contributed by atoms with Gasteiger partial charge in [-0.15, -0.1) is 24.0 Å². The molecule has 1 unspecified atom stereocenters. The standard InChI is InChI=1S/C23H37FN4O.HI/c1-19-6-3-4-14-28(19)15-5-13-26-22(25-2)27-18-23(11-16-29-17-12-23)20-7-9-21(24)10-8-20;/h7-10,19H,3-6,11-18H2,1-2H3,(H2,25,26,27);1H. The minimum atomic E-state index is -0.190. The third-order valence-electron chi connectivity index (χ3n) is 6.58. The SMILES string of the molecule is CN=C(NCCCN1CCCCC1C)NCC1(c2ccc(F)cc2)CCOCC1.I. The van der Waals surface area contributed by atoms with E-state index < -0.39 is 0 Å². The van der Waals surface area contributed by atoms with Crippen molar-refractivity contribution in [2.24, 2.45) is 4.99 Å². The number of nitrogens with one attached hydrogen (secondary N) is 2. The smallest absolute Gasteiger partial charge is 0.191 e. The molecule has 30 heavy (non-hydrogen) atoms. The van der Waals surface area contributed by atoms with Gasteiger partial charge in [-0.2, -0.15) is 0 Å². The summed E-state index contributed by atoms with van der Waals surface area (Å²) in [6.07, 6.45) is 6.99. The summed E-state index contributed by atoms with van der Waals surface area (Å²) in [6.45, 7) is 7.87. The van der Waals surface area contributed by atoms with Gasteiger partial charge in [-0.3, -0.25) is 4.99 Å². The van der Waals surface area contributed by atoms with Gasteiger partial charge >= 0.3 is 0 Å². The summed E-state index contributed by atoms with van der Waals surface area (Å²) < 4.78 is 19.0. The Balaban J connectivity index is 0.00000320. The Morgan fingerprint density at radius 2 is 1.93 bits per heavy atom. The zero-order chi connectivity index (χ0) is 20.5. The van der Waals surface area contributed by atoms with Crippen molar-refractivity contribution in [3.05, 3.63) is 35.6 Å². The molecule has 1 aromatic carbocycles. The zero-order valence-corrected chi connectivity index (χ0v) is 20.8. The molecule has 3 rings (SSSR count). The second kappa shape index (κ2) is 12.8. The lowest BCUT2D eigenvalue weighted by molar-refractivity contribution is 0.0513. The van der Waals surface area contributed by atoms with Crippen LogP contribution in [0.3, 0.4) is 0 Å². The van der Waals surface area contributed by atoms with Crippen molar-refractivity contribution in [3.63, 3.8) is 0 Å². The summed E-state index contributed by atoms with van der Waals surface area (Å²) >= 11 is 0. The van der Waals surface area contributed by atoms with Crippen molar-refractivity contribution in [1.29, 1.82) is 0 Å². The van der Waals surface area contributed by atoms with Crippen LogP contribution in [0.4, 0.5) is 4.39 Å². The van der Waals surface area contributed by atoms with E-state index in [0.717, 1.165) is 58.1 Å². The number of halogens is 2. The Bertz CT molecular complexity index is 649. The number of aliphatic imine (C=N–C) groups is 1. The molecule has 2 fully saturated rings. The highest BCUT2D eigenvalue weighted by Crippen LogP contribution is 2.34. The number of hydrogen-bond acceptors (Lipinski definition) is 3. The number of rotatable bonds is 7. The molecule has 2 saturated heterocycles. The van der Waals surface area contributed by atoms with Gasteiger partial charge < -0.3 is 20.3 Å². The fraction of sp³-hybridized carbons (Fsp3) is 0.696. The van der Waals surface area contributed by atoms with Crippen molar-refractivity contribution >= 4 is 29.9 Å². The number of likely N-dealkylation sites (tertiary alicyclic amines) is 1. The molecule has 2 aliphatic rings. The van der Waals surface area contributed by atoms with Crippen molar-refractivity contribution in [2.45, 2.75) is 56.9 Å². The van der Waals surface area contributed by atoms with Gasteiger partial charge in [-0.1, -0.05) is 18.6 Å². The molecule has 2 N–H and O–H groups in total. The van der Waals surface area contributed by atoms with Gasteiger partial charge in [0.05, 0.1) is 0 Å².